The molecule has 172 valence electrons. The summed E-state index contributed by atoms with van der Waals surface area (Å²) < 4.78 is 13.2. The number of carbonyl (C=O) groups is 2. The first-order valence-corrected chi connectivity index (χ1v) is 11.7. The van der Waals surface area contributed by atoms with Crippen LogP contribution in [0, 0.1) is 23.6 Å². The van der Waals surface area contributed by atoms with Crippen molar-refractivity contribution in [2.24, 2.45) is 17.8 Å². The van der Waals surface area contributed by atoms with Crippen molar-refractivity contribution in [2.75, 3.05) is 44.6 Å². The van der Waals surface area contributed by atoms with Gasteiger partial charge in [-0.2, -0.15) is 0 Å². The fourth-order valence-corrected chi connectivity index (χ4v) is 4.92. The minimum atomic E-state index is -0.334. The number of amides is 2. The third-order valence-electron chi connectivity index (χ3n) is 6.42. The fraction of sp³-hybridized carbons (Fsp3) is 0.667. The molecule has 0 radical (unpaired) electrons. The van der Waals surface area contributed by atoms with E-state index in [2.05, 4.69) is 41.2 Å². The zero-order chi connectivity index (χ0) is 22.4. The lowest BCUT2D eigenvalue weighted by atomic mass is 9.87. The fourth-order valence-electron chi connectivity index (χ4n) is 4.92. The van der Waals surface area contributed by atoms with Gasteiger partial charge in [-0.15, -0.1) is 0 Å². The molecule has 7 heteroatoms. The van der Waals surface area contributed by atoms with E-state index in [1.165, 1.54) is 18.6 Å². The highest BCUT2D eigenvalue weighted by molar-refractivity contribution is 5.93. The second-order valence-corrected chi connectivity index (χ2v) is 9.41. The van der Waals surface area contributed by atoms with Gasteiger partial charge in [0.2, 0.25) is 11.8 Å². The molecule has 0 saturated carbocycles. The lowest BCUT2D eigenvalue weighted by molar-refractivity contribution is -0.130. The van der Waals surface area contributed by atoms with E-state index in [1.807, 2.05) is 0 Å². The van der Waals surface area contributed by atoms with E-state index in [0.717, 1.165) is 26.1 Å². The molecule has 3 atom stereocenters. The summed E-state index contributed by atoms with van der Waals surface area (Å²) >= 11 is 0. The predicted molar refractivity (Wildman–Crippen MR) is 121 cm³/mol. The Morgan fingerprint density at radius 3 is 2.45 bits per heavy atom. The molecule has 2 heterocycles. The Labute approximate surface area is 185 Å². The monoisotopic (exact) mass is 432 g/mol. The van der Waals surface area contributed by atoms with Crippen LogP contribution in [-0.4, -0.2) is 66.9 Å². The molecule has 0 aliphatic carbocycles. The van der Waals surface area contributed by atoms with Gasteiger partial charge in [-0.05, 0) is 62.5 Å². The summed E-state index contributed by atoms with van der Waals surface area (Å²) in [6.45, 7) is 11.4. The van der Waals surface area contributed by atoms with E-state index >= 15 is 0 Å². The predicted octanol–water partition coefficient (Wildman–Crippen LogP) is 2.96. The van der Waals surface area contributed by atoms with Crippen molar-refractivity contribution in [3.63, 3.8) is 0 Å². The Bertz CT molecular complexity index is 740. The van der Waals surface area contributed by atoms with Crippen LogP contribution < -0.4 is 10.6 Å². The van der Waals surface area contributed by atoms with Gasteiger partial charge in [0.05, 0.1) is 11.8 Å². The summed E-state index contributed by atoms with van der Waals surface area (Å²) in [7, 11) is 0. The number of carbonyl (C=O) groups excluding carboxylic acids is 2. The topological polar surface area (TPSA) is 64.7 Å². The first kappa shape index (κ1) is 23.7. The first-order valence-electron chi connectivity index (χ1n) is 11.7. The lowest BCUT2D eigenvalue weighted by Gasteiger charge is -2.37. The summed E-state index contributed by atoms with van der Waals surface area (Å²) in [6.07, 6.45) is 2.85. The Kier molecular flexibility index (Phi) is 8.43. The Morgan fingerprint density at radius 1 is 1.13 bits per heavy atom. The van der Waals surface area contributed by atoms with Crippen LogP contribution >= 0.6 is 0 Å². The zero-order valence-corrected chi connectivity index (χ0v) is 19.1. The number of nitrogens with one attached hydrogen (secondary N) is 2. The van der Waals surface area contributed by atoms with Gasteiger partial charge in [0, 0.05) is 37.9 Å². The van der Waals surface area contributed by atoms with E-state index in [0.29, 0.717) is 43.7 Å². The van der Waals surface area contributed by atoms with E-state index in [9.17, 15) is 14.0 Å². The molecule has 0 aromatic heterocycles. The number of piperidine rings is 1. The van der Waals surface area contributed by atoms with Crippen LogP contribution in [-0.2, 0) is 9.59 Å². The van der Waals surface area contributed by atoms with Gasteiger partial charge in [0.25, 0.3) is 0 Å². The standard InChI is InChI=1S/C24H37FN4O2/c1-4-29-11-5-6-22(29)13-26-23(30)18-12-19(16-28(15-18)14-17(2)3)24(31)27-21-9-7-20(25)8-10-21/h7-10,17-19,22H,4-6,11-16H2,1-3H3,(H,26,30)(H,27,31)/t18-,19+,22-/m0/s1. The van der Waals surface area contributed by atoms with Crippen LogP contribution in [0.2, 0.25) is 0 Å². The summed E-state index contributed by atoms with van der Waals surface area (Å²) in [5.74, 6) is -0.402. The molecule has 2 amide bonds. The highest BCUT2D eigenvalue weighted by Gasteiger charge is 2.35. The molecule has 2 saturated heterocycles. The van der Waals surface area contributed by atoms with Gasteiger partial charge in [0.15, 0.2) is 0 Å². The van der Waals surface area contributed by atoms with Gasteiger partial charge in [-0.1, -0.05) is 20.8 Å². The van der Waals surface area contributed by atoms with Crippen LogP contribution in [0.3, 0.4) is 0 Å². The molecular formula is C24H37FN4O2. The maximum Gasteiger partial charge on any atom is 0.228 e. The molecule has 3 rings (SSSR count). The number of benzene rings is 1. The number of anilines is 1. The highest BCUT2D eigenvalue weighted by atomic mass is 19.1. The number of likely N-dealkylation sites (tertiary alicyclic amines) is 2. The molecule has 2 N–H and O–H groups in total. The molecule has 31 heavy (non-hydrogen) atoms. The van der Waals surface area contributed by atoms with Crippen LogP contribution in [0.4, 0.5) is 10.1 Å². The number of hydrogen-bond donors (Lipinski definition) is 2. The van der Waals surface area contributed by atoms with Gasteiger partial charge in [-0.3, -0.25) is 14.5 Å². The third-order valence-corrected chi connectivity index (χ3v) is 6.42. The Morgan fingerprint density at radius 2 is 1.81 bits per heavy atom. The van der Waals surface area contributed by atoms with E-state index in [4.69, 9.17) is 0 Å². The van der Waals surface area contributed by atoms with Crippen molar-refractivity contribution in [1.82, 2.24) is 15.1 Å². The van der Waals surface area contributed by atoms with Crippen molar-refractivity contribution in [3.8, 4) is 0 Å². The summed E-state index contributed by atoms with van der Waals surface area (Å²) in [5, 5.41) is 6.06. The maximum atomic E-state index is 13.2. The lowest BCUT2D eigenvalue weighted by Crippen LogP contribution is -2.51. The molecule has 0 spiro atoms. The molecule has 0 unspecified atom stereocenters. The summed E-state index contributed by atoms with van der Waals surface area (Å²) in [6, 6.07) is 6.21. The van der Waals surface area contributed by atoms with Crippen LogP contribution in [0.5, 0.6) is 0 Å². The third kappa shape index (κ3) is 6.74. The van der Waals surface area contributed by atoms with E-state index in [1.54, 1.807) is 12.1 Å². The number of halogens is 1. The van der Waals surface area contributed by atoms with Crippen molar-refractivity contribution in [1.29, 1.82) is 0 Å². The number of likely N-dealkylation sites (N-methyl/N-ethyl adjacent to an activating group) is 1. The van der Waals surface area contributed by atoms with Crippen molar-refractivity contribution < 1.29 is 14.0 Å². The van der Waals surface area contributed by atoms with Gasteiger partial charge < -0.3 is 15.5 Å². The summed E-state index contributed by atoms with van der Waals surface area (Å²) in [4.78, 5) is 30.6. The molecule has 2 aliphatic rings. The smallest absolute Gasteiger partial charge is 0.228 e. The number of nitrogens with zero attached hydrogens (tertiary/aromatic N) is 2. The van der Waals surface area contributed by atoms with Crippen LogP contribution in [0.1, 0.15) is 40.0 Å². The van der Waals surface area contributed by atoms with Crippen molar-refractivity contribution >= 4 is 17.5 Å². The minimum absolute atomic E-state index is 0.0518. The molecular weight excluding hydrogens is 395 g/mol. The second-order valence-electron chi connectivity index (χ2n) is 9.41. The van der Waals surface area contributed by atoms with Gasteiger partial charge in [-0.25, -0.2) is 4.39 Å². The quantitative estimate of drug-likeness (QED) is 0.663. The van der Waals surface area contributed by atoms with Gasteiger partial charge >= 0.3 is 0 Å². The molecule has 1 aromatic rings. The zero-order valence-electron chi connectivity index (χ0n) is 19.1. The van der Waals surface area contributed by atoms with Crippen LogP contribution in [0.25, 0.3) is 0 Å². The van der Waals surface area contributed by atoms with E-state index in [-0.39, 0.29) is 29.5 Å². The largest absolute Gasteiger partial charge is 0.354 e. The average Bonchev–Trinajstić information content (AvgIpc) is 3.20. The van der Waals surface area contributed by atoms with Crippen LogP contribution in [0.15, 0.2) is 24.3 Å². The van der Waals surface area contributed by atoms with Crippen molar-refractivity contribution in [3.05, 3.63) is 30.1 Å². The molecule has 1 aromatic carbocycles. The first-order chi connectivity index (χ1) is 14.9. The minimum Gasteiger partial charge on any atom is -0.354 e. The Hall–Kier alpha value is -1.99. The highest BCUT2D eigenvalue weighted by Crippen LogP contribution is 2.25. The molecule has 0 bridgehead atoms. The average molecular weight is 433 g/mol. The molecule has 2 aliphatic heterocycles. The van der Waals surface area contributed by atoms with Gasteiger partial charge in [0.1, 0.15) is 5.82 Å². The summed E-state index contributed by atoms with van der Waals surface area (Å²) in [5.41, 5.74) is 0.578. The SMILES string of the molecule is CCN1CCC[C@H]1CNC(=O)[C@H]1C[C@@H](C(=O)Nc2ccc(F)cc2)CN(CC(C)C)C1. The number of hydrogen-bond acceptors (Lipinski definition) is 4. The van der Waals surface area contributed by atoms with E-state index < -0.39 is 0 Å². The number of rotatable bonds is 8. The molecule has 2 fully saturated rings. The second kappa shape index (κ2) is 11.0. The Balaban J connectivity index is 1.61. The normalized spacial score (nSPS) is 25.0. The van der Waals surface area contributed by atoms with Crippen molar-refractivity contribution in [2.45, 2.75) is 46.1 Å². The molecule has 6 nitrogen and oxygen atoms in total. The maximum absolute atomic E-state index is 13.2.